The van der Waals surface area contributed by atoms with Gasteiger partial charge in [-0.15, -0.1) is 0 Å². The van der Waals surface area contributed by atoms with Crippen molar-refractivity contribution in [3.8, 4) is 5.75 Å². The quantitative estimate of drug-likeness (QED) is 0.891. The van der Waals surface area contributed by atoms with E-state index in [1.165, 1.54) is 6.07 Å². The molecule has 0 saturated carbocycles. The zero-order chi connectivity index (χ0) is 14.0. The summed E-state index contributed by atoms with van der Waals surface area (Å²) < 4.78 is 0.731. The number of halogens is 1. The van der Waals surface area contributed by atoms with Gasteiger partial charge in [-0.3, -0.25) is 9.78 Å². The number of phenols is 1. The van der Waals surface area contributed by atoms with Crippen LogP contribution in [0.25, 0.3) is 0 Å². The molecular formula is C14H13BrN2O2. The summed E-state index contributed by atoms with van der Waals surface area (Å²) in [7, 11) is 0. The summed E-state index contributed by atoms with van der Waals surface area (Å²) in [6.45, 7) is 3.71. The van der Waals surface area contributed by atoms with E-state index >= 15 is 0 Å². The first-order valence-electron chi connectivity index (χ1n) is 5.71. The van der Waals surface area contributed by atoms with Crippen molar-refractivity contribution in [3.63, 3.8) is 0 Å². The van der Waals surface area contributed by atoms with Gasteiger partial charge in [0.15, 0.2) is 0 Å². The molecule has 4 nitrogen and oxygen atoms in total. The van der Waals surface area contributed by atoms with Crippen LogP contribution in [0.3, 0.4) is 0 Å². The van der Waals surface area contributed by atoms with E-state index in [4.69, 9.17) is 0 Å². The molecule has 0 spiro atoms. The number of nitrogens with zero attached hydrogens (tertiary/aromatic N) is 1. The highest BCUT2D eigenvalue weighted by Crippen LogP contribution is 2.23. The number of carbonyl (C=O) groups excluding carboxylic acids is 1. The summed E-state index contributed by atoms with van der Waals surface area (Å²) in [6, 6.07) is 8.33. The molecule has 5 heteroatoms. The molecular weight excluding hydrogens is 308 g/mol. The number of anilines is 1. The maximum atomic E-state index is 12.1. The van der Waals surface area contributed by atoms with Gasteiger partial charge in [0.05, 0.1) is 16.9 Å². The molecule has 1 aromatic heterocycles. The molecule has 0 saturated heterocycles. The van der Waals surface area contributed by atoms with E-state index in [0.717, 1.165) is 15.9 Å². The maximum absolute atomic E-state index is 12.1. The largest absolute Gasteiger partial charge is 0.507 e. The Morgan fingerprint density at radius 1 is 1.26 bits per heavy atom. The summed E-state index contributed by atoms with van der Waals surface area (Å²) in [5.41, 5.74) is 2.48. The van der Waals surface area contributed by atoms with Crippen LogP contribution in [-0.4, -0.2) is 16.0 Å². The summed E-state index contributed by atoms with van der Waals surface area (Å²) in [4.78, 5) is 16.4. The van der Waals surface area contributed by atoms with Crippen molar-refractivity contribution < 1.29 is 9.90 Å². The molecule has 1 amide bonds. The number of aromatic nitrogens is 1. The Hall–Kier alpha value is -1.88. The first-order chi connectivity index (χ1) is 8.97. The van der Waals surface area contributed by atoms with Crippen molar-refractivity contribution in [3.05, 3.63) is 51.8 Å². The highest BCUT2D eigenvalue weighted by Gasteiger charge is 2.13. The average molecular weight is 321 g/mol. The Labute approximate surface area is 119 Å². The van der Waals surface area contributed by atoms with Crippen molar-refractivity contribution in [2.24, 2.45) is 0 Å². The number of hydrogen-bond donors (Lipinski definition) is 2. The number of carbonyl (C=O) groups is 1. The van der Waals surface area contributed by atoms with Crippen LogP contribution in [0, 0.1) is 13.8 Å². The molecule has 0 bridgehead atoms. The maximum Gasteiger partial charge on any atom is 0.259 e. The van der Waals surface area contributed by atoms with Gasteiger partial charge >= 0.3 is 0 Å². The number of aromatic hydroxyl groups is 1. The van der Waals surface area contributed by atoms with Crippen molar-refractivity contribution >= 4 is 27.5 Å². The Morgan fingerprint density at radius 2 is 2.00 bits per heavy atom. The molecule has 19 heavy (non-hydrogen) atoms. The van der Waals surface area contributed by atoms with Gasteiger partial charge in [0.1, 0.15) is 5.75 Å². The number of pyridine rings is 1. The lowest BCUT2D eigenvalue weighted by molar-refractivity contribution is 0.102. The van der Waals surface area contributed by atoms with E-state index in [9.17, 15) is 9.90 Å². The third kappa shape index (κ3) is 3.12. The highest BCUT2D eigenvalue weighted by atomic mass is 79.9. The van der Waals surface area contributed by atoms with Crippen LogP contribution in [0.1, 0.15) is 21.7 Å². The number of benzene rings is 1. The van der Waals surface area contributed by atoms with Gasteiger partial charge in [-0.2, -0.15) is 0 Å². The molecule has 1 aromatic carbocycles. The van der Waals surface area contributed by atoms with Gasteiger partial charge < -0.3 is 10.4 Å². The van der Waals surface area contributed by atoms with Gasteiger partial charge in [-0.05, 0) is 44.2 Å². The Kier molecular flexibility index (Phi) is 3.85. The fourth-order valence-electron chi connectivity index (χ4n) is 1.70. The summed E-state index contributed by atoms with van der Waals surface area (Å²) in [5.74, 6) is -0.425. The van der Waals surface area contributed by atoms with Crippen LogP contribution >= 0.6 is 15.9 Å². The van der Waals surface area contributed by atoms with Gasteiger partial charge in [0.25, 0.3) is 5.91 Å². The molecule has 0 aliphatic rings. The second kappa shape index (κ2) is 5.40. The van der Waals surface area contributed by atoms with Crippen LogP contribution in [-0.2, 0) is 0 Å². The van der Waals surface area contributed by atoms with Crippen LogP contribution in [0.4, 0.5) is 5.69 Å². The second-order valence-corrected chi connectivity index (χ2v) is 5.12. The predicted octanol–water partition coefficient (Wildman–Crippen LogP) is 3.42. The molecule has 1 heterocycles. The van der Waals surface area contributed by atoms with Gasteiger partial charge in [0, 0.05) is 10.2 Å². The molecule has 2 rings (SSSR count). The number of aryl methyl sites for hydroxylation is 2. The molecule has 0 fully saturated rings. The molecule has 0 aliphatic carbocycles. The average Bonchev–Trinajstić information content (AvgIpc) is 2.35. The Balaban J connectivity index is 2.28. The minimum Gasteiger partial charge on any atom is -0.507 e. The zero-order valence-electron chi connectivity index (χ0n) is 10.6. The molecule has 2 aromatic rings. The number of phenolic OH excluding ortho intramolecular Hbond substituents is 1. The summed E-state index contributed by atoms with van der Waals surface area (Å²) in [5, 5.41) is 12.4. The zero-order valence-corrected chi connectivity index (χ0v) is 12.2. The van der Waals surface area contributed by atoms with E-state index in [1.807, 2.05) is 19.9 Å². The lowest BCUT2D eigenvalue weighted by Crippen LogP contribution is -2.13. The van der Waals surface area contributed by atoms with Gasteiger partial charge in [-0.25, -0.2) is 0 Å². The van der Waals surface area contributed by atoms with Crippen molar-refractivity contribution in [1.82, 2.24) is 4.98 Å². The fourth-order valence-corrected chi connectivity index (χ4v) is 2.06. The van der Waals surface area contributed by atoms with Crippen molar-refractivity contribution in [2.75, 3.05) is 5.32 Å². The SMILES string of the molecule is Cc1ccc(NC(=O)c2cc(Br)ccc2O)c(C)n1. The van der Waals surface area contributed by atoms with Gasteiger partial charge in [-0.1, -0.05) is 15.9 Å². The van der Waals surface area contributed by atoms with E-state index in [0.29, 0.717) is 5.69 Å². The third-order valence-corrected chi connectivity index (χ3v) is 3.17. The number of amides is 1. The highest BCUT2D eigenvalue weighted by molar-refractivity contribution is 9.10. The minimum absolute atomic E-state index is 0.0570. The topological polar surface area (TPSA) is 62.2 Å². The summed E-state index contributed by atoms with van der Waals surface area (Å²) >= 11 is 3.27. The fraction of sp³-hybridized carbons (Fsp3) is 0.143. The van der Waals surface area contributed by atoms with E-state index in [1.54, 1.807) is 18.2 Å². The lowest BCUT2D eigenvalue weighted by atomic mass is 10.2. The predicted molar refractivity (Wildman–Crippen MR) is 77.5 cm³/mol. The first-order valence-corrected chi connectivity index (χ1v) is 6.51. The standard InChI is InChI=1S/C14H13BrN2O2/c1-8-3-5-12(9(2)16-8)17-14(19)11-7-10(15)4-6-13(11)18/h3-7,18H,1-2H3,(H,17,19). The molecule has 0 atom stereocenters. The van der Waals surface area contributed by atoms with Crippen molar-refractivity contribution in [2.45, 2.75) is 13.8 Å². The van der Waals surface area contributed by atoms with E-state index in [-0.39, 0.29) is 17.2 Å². The number of hydrogen-bond acceptors (Lipinski definition) is 3. The van der Waals surface area contributed by atoms with Crippen LogP contribution in [0.2, 0.25) is 0 Å². The molecule has 0 radical (unpaired) electrons. The smallest absolute Gasteiger partial charge is 0.259 e. The minimum atomic E-state index is -0.368. The monoisotopic (exact) mass is 320 g/mol. The van der Waals surface area contributed by atoms with Gasteiger partial charge in [0.2, 0.25) is 0 Å². The Bertz CT molecular complexity index is 641. The first kappa shape index (κ1) is 13.5. The van der Waals surface area contributed by atoms with E-state index < -0.39 is 0 Å². The number of nitrogens with one attached hydrogen (secondary N) is 1. The molecule has 98 valence electrons. The van der Waals surface area contributed by atoms with Crippen molar-refractivity contribution in [1.29, 1.82) is 0 Å². The third-order valence-electron chi connectivity index (χ3n) is 2.68. The van der Waals surface area contributed by atoms with Crippen LogP contribution in [0.15, 0.2) is 34.8 Å². The second-order valence-electron chi connectivity index (χ2n) is 4.20. The number of rotatable bonds is 2. The molecule has 0 unspecified atom stereocenters. The lowest BCUT2D eigenvalue weighted by Gasteiger charge is -2.09. The Morgan fingerprint density at radius 3 is 2.68 bits per heavy atom. The molecule has 2 N–H and O–H groups in total. The van der Waals surface area contributed by atoms with Crippen LogP contribution < -0.4 is 5.32 Å². The normalized spacial score (nSPS) is 10.3. The molecule has 0 aliphatic heterocycles. The van der Waals surface area contributed by atoms with Crippen LogP contribution in [0.5, 0.6) is 5.75 Å². The van der Waals surface area contributed by atoms with E-state index in [2.05, 4.69) is 26.2 Å². The summed E-state index contributed by atoms with van der Waals surface area (Å²) in [6.07, 6.45) is 0.